The molecule has 160 valence electrons. The number of fused-ring (bicyclic) bond motifs is 5. The van der Waals surface area contributed by atoms with E-state index in [1.807, 2.05) is 0 Å². The standard InChI is InChI=1S/C23H14F2N2O3S2/c24-11-5-7-13(15(25)9-11)16-8-6-12(30-16)10-18-21(29)27-22-19(20(28)26-23(27)32-18)14-3-1-2-4-17(14)31-22/h5-10H,1-4H2/b18-10-. The monoisotopic (exact) mass is 468 g/mol. The van der Waals surface area contributed by atoms with Gasteiger partial charge in [-0.05, 0) is 55.5 Å². The van der Waals surface area contributed by atoms with Crippen LogP contribution in [0.1, 0.15) is 29.0 Å². The van der Waals surface area contributed by atoms with Crippen LogP contribution in [0.5, 0.6) is 0 Å². The zero-order chi connectivity index (χ0) is 22.0. The van der Waals surface area contributed by atoms with Crippen LogP contribution >= 0.6 is 22.7 Å². The molecular formula is C23H14F2N2O3S2. The van der Waals surface area contributed by atoms with Crippen molar-refractivity contribution in [3.8, 4) is 11.3 Å². The summed E-state index contributed by atoms with van der Waals surface area (Å²) in [5.74, 6) is -0.834. The van der Waals surface area contributed by atoms with Crippen molar-refractivity contribution in [2.45, 2.75) is 25.7 Å². The average Bonchev–Trinajstić information content (AvgIpc) is 3.45. The van der Waals surface area contributed by atoms with Gasteiger partial charge in [-0.25, -0.2) is 13.2 Å². The Bertz CT molecular complexity index is 1710. The summed E-state index contributed by atoms with van der Waals surface area (Å²) in [4.78, 5) is 32.3. The molecule has 4 heterocycles. The Labute approximate surface area is 186 Å². The highest BCUT2D eigenvalue weighted by atomic mass is 32.1. The van der Waals surface area contributed by atoms with Crippen molar-refractivity contribution in [3.63, 3.8) is 0 Å². The molecule has 5 aromatic rings. The Morgan fingerprint density at radius 1 is 1.06 bits per heavy atom. The van der Waals surface area contributed by atoms with Crippen LogP contribution in [0, 0.1) is 11.6 Å². The SMILES string of the molecule is O=c1nc2s/c(=C\c3ccc(-c4ccc(F)cc4F)o3)c(=O)n2c2sc3c(c12)CCCC3. The second kappa shape index (κ2) is 7.18. The number of halogens is 2. The van der Waals surface area contributed by atoms with Gasteiger partial charge in [0.05, 0.1) is 10.9 Å². The van der Waals surface area contributed by atoms with E-state index in [1.54, 1.807) is 18.2 Å². The van der Waals surface area contributed by atoms with Gasteiger partial charge in [-0.2, -0.15) is 4.98 Å². The molecule has 0 atom stereocenters. The highest BCUT2D eigenvalue weighted by molar-refractivity contribution is 7.19. The molecule has 0 N–H and O–H groups in total. The molecular weight excluding hydrogens is 454 g/mol. The third-order valence-corrected chi connectivity index (χ3v) is 7.92. The minimum atomic E-state index is -0.732. The first-order valence-corrected chi connectivity index (χ1v) is 11.7. The van der Waals surface area contributed by atoms with Gasteiger partial charge in [0.25, 0.3) is 11.1 Å². The van der Waals surface area contributed by atoms with E-state index in [0.29, 0.717) is 25.5 Å². The molecule has 0 amide bonds. The molecule has 4 aromatic heterocycles. The maximum Gasteiger partial charge on any atom is 0.282 e. The summed E-state index contributed by atoms with van der Waals surface area (Å²) in [6, 6.07) is 6.42. The number of benzene rings is 1. The Morgan fingerprint density at radius 2 is 1.91 bits per heavy atom. The fourth-order valence-electron chi connectivity index (χ4n) is 4.19. The van der Waals surface area contributed by atoms with E-state index in [-0.39, 0.29) is 22.4 Å². The molecule has 1 aromatic carbocycles. The van der Waals surface area contributed by atoms with Crippen LogP contribution in [0.4, 0.5) is 8.78 Å². The van der Waals surface area contributed by atoms with Crippen molar-refractivity contribution in [1.29, 1.82) is 0 Å². The number of hydrogen-bond acceptors (Lipinski definition) is 6. The number of furan rings is 1. The lowest BCUT2D eigenvalue weighted by Crippen LogP contribution is -2.24. The molecule has 32 heavy (non-hydrogen) atoms. The van der Waals surface area contributed by atoms with Crippen molar-refractivity contribution in [1.82, 2.24) is 9.38 Å². The van der Waals surface area contributed by atoms with Crippen LogP contribution in [-0.2, 0) is 12.8 Å². The molecule has 0 bridgehead atoms. The molecule has 0 spiro atoms. The summed E-state index contributed by atoms with van der Waals surface area (Å²) in [7, 11) is 0. The van der Waals surface area contributed by atoms with Crippen molar-refractivity contribution in [2.75, 3.05) is 0 Å². The maximum atomic E-state index is 14.1. The van der Waals surface area contributed by atoms with Crippen LogP contribution in [0.3, 0.4) is 0 Å². The van der Waals surface area contributed by atoms with E-state index in [2.05, 4.69) is 4.98 Å². The first kappa shape index (κ1) is 19.5. The molecule has 0 saturated heterocycles. The smallest absolute Gasteiger partial charge is 0.282 e. The predicted molar refractivity (Wildman–Crippen MR) is 120 cm³/mol. The second-order valence-electron chi connectivity index (χ2n) is 7.67. The lowest BCUT2D eigenvalue weighted by molar-refractivity contribution is 0.554. The number of rotatable bonds is 2. The van der Waals surface area contributed by atoms with E-state index in [0.717, 1.165) is 54.7 Å². The highest BCUT2D eigenvalue weighted by Crippen LogP contribution is 2.34. The molecule has 0 unspecified atom stereocenters. The van der Waals surface area contributed by atoms with Gasteiger partial charge in [0.2, 0.25) is 4.96 Å². The van der Waals surface area contributed by atoms with E-state index in [1.165, 1.54) is 26.7 Å². The van der Waals surface area contributed by atoms with Crippen molar-refractivity contribution >= 4 is 43.9 Å². The first-order chi connectivity index (χ1) is 15.5. The number of thiophene rings is 1. The number of hydrogen-bond donors (Lipinski definition) is 0. The van der Waals surface area contributed by atoms with Crippen LogP contribution in [-0.4, -0.2) is 9.38 Å². The van der Waals surface area contributed by atoms with Crippen molar-refractivity contribution in [3.05, 3.63) is 83.4 Å². The zero-order valence-corrected chi connectivity index (χ0v) is 18.1. The van der Waals surface area contributed by atoms with Gasteiger partial charge < -0.3 is 4.42 Å². The number of thiazole rings is 1. The third kappa shape index (κ3) is 2.96. The van der Waals surface area contributed by atoms with Crippen LogP contribution < -0.4 is 15.7 Å². The molecule has 0 saturated carbocycles. The lowest BCUT2D eigenvalue weighted by atomic mass is 9.97. The fourth-order valence-corrected chi connectivity index (χ4v) is 6.58. The van der Waals surface area contributed by atoms with Gasteiger partial charge >= 0.3 is 0 Å². The Hall–Kier alpha value is -3.17. The van der Waals surface area contributed by atoms with Gasteiger partial charge in [-0.3, -0.25) is 9.59 Å². The Balaban J connectivity index is 1.52. The quantitative estimate of drug-likeness (QED) is 0.388. The zero-order valence-electron chi connectivity index (χ0n) is 16.5. The van der Waals surface area contributed by atoms with Gasteiger partial charge in [-0.15, -0.1) is 11.3 Å². The number of nitrogens with zero attached hydrogens (tertiary/aromatic N) is 2. The van der Waals surface area contributed by atoms with Gasteiger partial charge in [0.1, 0.15) is 32.5 Å². The molecule has 6 rings (SSSR count). The number of aryl methyl sites for hydroxylation is 2. The summed E-state index contributed by atoms with van der Waals surface area (Å²) < 4.78 is 34.8. The molecule has 0 radical (unpaired) electrons. The number of aromatic nitrogens is 2. The molecule has 9 heteroatoms. The molecule has 1 aliphatic carbocycles. The summed E-state index contributed by atoms with van der Waals surface area (Å²) in [6.07, 6.45) is 5.42. The van der Waals surface area contributed by atoms with Gasteiger partial charge in [0.15, 0.2) is 0 Å². The second-order valence-corrected chi connectivity index (χ2v) is 9.76. The summed E-state index contributed by atoms with van der Waals surface area (Å²) >= 11 is 2.61. The van der Waals surface area contributed by atoms with E-state index in [4.69, 9.17) is 4.42 Å². The normalized spacial score (nSPS) is 14.5. The van der Waals surface area contributed by atoms with Crippen LogP contribution in [0.15, 0.2) is 44.3 Å². The van der Waals surface area contributed by atoms with Gasteiger partial charge in [0, 0.05) is 17.0 Å². The van der Waals surface area contributed by atoms with E-state index in [9.17, 15) is 18.4 Å². The molecule has 0 fully saturated rings. The van der Waals surface area contributed by atoms with Crippen LogP contribution in [0.2, 0.25) is 0 Å². The summed E-state index contributed by atoms with van der Waals surface area (Å²) in [5, 5.41) is 0.565. The Morgan fingerprint density at radius 3 is 2.75 bits per heavy atom. The van der Waals surface area contributed by atoms with Crippen LogP contribution in [0.25, 0.3) is 32.6 Å². The first-order valence-electron chi connectivity index (χ1n) is 10.1. The lowest BCUT2D eigenvalue weighted by Gasteiger charge is -2.09. The average molecular weight is 469 g/mol. The summed E-state index contributed by atoms with van der Waals surface area (Å²) in [5.41, 5.74) is 0.602. The molecule has 0 aliphatic heterocycles. The van der Waals surface area contributed by atoms with Crippen molar-refractivity contribution < 1.29 is 13.2 Å². The maximum absolute atomic E-state index is 14.1. The van der Waals surface area contributed by atoms with E-state index >= 15 is 0 Å². The molecule has 5 nitrogen and oxygen atoms in total. The predicted octanol–water partition coefficient (Wildman–Crippen LogP) is 4.30. The fraction of sp³-hybridized carbons (Fsp3) is 0.174. The largest absolute Gasteiger partial charge is 0.457 e. The van der Waals surface area contributed by atoms with Gasteiger partial charge in [-0.1, -0.05) is 11.3 Å². The summed E-state index contributed by atoms with van der Waals surface area (Å²) in [6.45, 7) is 0. The van der Waals surface area contributed by atoms with E-state index < -0.39 is 11.6 Å². The third-order valence-electron chi connectivity index (χ3n) is 5.67. The minimum Gasteiger partial charge on any atom is -0.457 e. The van der Waals surface area contributed by atoms with Crippen molar-refractivity contribution in [2.24, 2.45) is 0 Å². The topological polar surface area (TPSA) is 64.6 Å². The molecule has 1 aliphatic rings. The minimum absolute atomic E-state index is 0.127. The Kier molecular flexibility index (Phi) is 4.38. The highest BCUT2D eigenvalue weighted by Gasteiger charge is 2.22.